The number of hydrogen-bond acceptors (Lipinski definition) is 9. The monoisotopic (exact) mass is 576 g/mol. The van der Waals surface area contributed by atoms with Gasteiger partial charge in [0.05, 0.1) is 30.1 Å². The van der Waals surface area contributed by atoms with Crippen LogP contribution in [0.5, 0.6) is 0 Å². The minimum atomic E-state index is -1.09. The van der Waals surface area contributed by atoms with E-state index in [9.17, 15) is 19.5 Å². The standard InChI is InChI=1S/C30H44N2O9/c1-16-10-9-11-23(37-5)28(41-30(31)36)18(3)12-17(2)27(40-8)24(38-6)13-19(4)26(39-7)21-14-20(33)15-22(25(21)34)32-29(16)35/h9-12,14-15,17,19-20,23-24,26-28,33H,13H2,1-8H3,(H2,31,36)(H,32,35)/b11-9-,16-10+,18-12+/t17-,19-,20?,23-,24-,26+,27+,28-/m0/s1. The van der Waals surface area contributed by atoms with E-state index in [4.69, 9.17) is 29.4 Å². The van der Waals surface area contributed by atoms with Gasteiger partial charge >= 0.3 is 6.09 Å². The Labute approximate surface area is 242 Å². The van der Waals surface area contributed by atoms with Crippen molar-refractivity contribution in [3.63, 3.8) is 0 Å². The van der Waals surface area contributed by atoms with Crippen LogP contribution in [0.1, 0.15) is 34.1 Å². The van der Waals surface area contributed by atoms with Crippen molar-refractivity contribution >= 4 is 17.8 Å². The molecule has 0 saturated carbocycles. The molecule has 228 valence electrons. The number of nitrogens with one attached hydrogen (secondary N) is 1. The Morgan fingerprint density at radius 1 is 0.976 bits per heavy atom. The molecule has 0 spiro atoms. The van der Waals surface area contributed by atoms with E-state index in [1.165, 1.54) is 32.4 Å². The number of allylic oxidation sites excluding steroid dienone is 3. The number of carbonyl (C=O) groups excluding carboxylic acids is 3. The van der Waals surface area contributed by atoms with Gasteiger partial charge < -0.3 is 39.8 Å². The number of rotatable bonds is 5. The second-order valence-corrected chi connectivity index (χ2v) is 10.4. The highest BCUT2D eigenvalue weighted by molar-refractivity contribution is 6.12. The molecule has 41 heavy (non-hydrogen) atoms. The molecule has 4 N–H and O–H groups in total. The van der Waals surface area contributed by atoms with Gasteiger partial charge in [0.1, 0.15) is 6.10 Å². The molecular formula is C30H44N2O9. The lowest BCUT2D eigenvalue weighted by atomic mass is 9.83. The van der Waals surface area contributed by atoms with Crippen LogP contribution in [0.2, 0.25) is 0 Å². The molecular weight excluding hydrogens is 532 g/mol. The van der Waals surface area contributed by atoms with Crippen molar-refractivity contribution in [2.75, 3.05) is 28.4 Å². The molecule has 2 bridgehead atoms. The fraction of sp³-hybridized carbons (Fsp3) is 0.567. The fourth-order valence-electron chi connectivity index (χ4n) is 5.32. The molecule has 0 fully saturated rings. The van der Waals surface area contributed by atoms with Crippen molar-refractivity contribution in [2.24, 2.45) is 17.6 Å². The molecule has 2 amide bonds. The lowest BCUT2D eigenvalue weighted by Gasteiger charge is -2.34. The van der Waals surface area contributed by atoms with E-state index < -0.39 is 54.4 Å². The first-order valence-corrected chi connectivity index (χ1v) is 13.5. The van der Waals surface area contributed by atoms with Crippen LogP contribution in [0.15, 0.2) is 58.9 Å². The lowest BCUT2D eigenvalue weighted by molar-refractivity contribution is -0.120. The number of methoxy groups -OCH3 is 4. The average Bonchev–Trinajstić information content (AvgIpc) is 2.91. The number of carbonyl (C=O) groups is 3. The maximum Gasteiger partial charge on any atom is 0.405 e. The average molecular weight is 577 g/mol. The lowest BCUT2D eigenvalue weighted by Crippen LogP contribution is -2.41. The number of amides is 2. The molecule has 0 aromatic rings. The zero-order valence-electron chi connectivity index (χ0n) is 25.1. The number of nitrogens with two attached hydrogens (primary N) is 1. The van der Waals surface area contributed by atoms with E-state index in [-0.39, 0.29) is 28.7 Å². The van der Waals surface area contributed by atoms with E-state index in [2.05, 4.69) is 5.32 Å². The van der Waals surface area contributed by atoms with Crippen LogP contribution in [-0.4, -0.2) is 88.0 Å². The minimum absolute atomic E-state index is 0.0416. The van der Waals surface area contributed by atoms with Gasteiger partial charge in [0, 0.05) is 45.5 Å². The van der Waals surface area contributed by atoms with Gasteiger partial charge in [-0.05, 0) is 43.9 Å². The molecule has 1 unspecified atom stereocenters. The van der Waals surface area contributed by atoms with Crippen LogP contribution < -0.4 is 11.1 Å². The van der Waals surface area contributed by atoms with Crippen molar-refractivity contribution in [3.05, 3.63) is 58.9 Å². The Bertz CT molecular complexity index is 1110. The number of aliphatic hydroxyl groups excluding tert-OH is 1. The first-order chi connectivity index (χ1) is 19.4. The highest BCUT2D eigenvalue weighted by Gasteiger charge is 2.36. The van der Waals surface area contributed by atoms with Gasteiger partial charge in [-0.3, -0.25) is 9.59 Å². The van der Waals surface area contributed by atoms with E-state index in [0.717, 1.165) is 0 Å². The molecule has 11 nitrogen and oxygen atoms in total. The van der Waals surface area contributed by atoms with Crippen molar-refractivity contribution in [1.82, 2.24) is 5.32 Å². The molecule has 8 atom stereocenters. The Morgan fingerprint density at radius 2 is 1.66 bits per heavy atom. The summed E-state index contributed by atoms with van der Waals surface area (Å²) in [4.78, 5) is 38.1. The van der Waals surface area contributed by atoms with E-state index in [0.29, 0.717) is 12.0 Å². The summed E-state index contributed by atoms with van der Waals surface area (Å²) in [7, 11) is 6.12. The van der Waals surface area contributed by atoms with Crippen molar-refractivity contribution < 1.29 is 43.2 Å². The maximum atomic E-state index is 13.4. The number of hydrogen-bond donors (Lipinski definition) is 3. The zero-order chi connectivity index (χ0) is 30.9. The van der Waals surface area contributed by atoms with Crippen molar-refractivity contribution in [3.8, 4) is 0 Å². The summed E-state index contributed by atoms with van der Waals surface area (Å²) in [6.07, 6.45) is 4.63. The Kier molecular flexibility index (Phi) is 13.1. The molecule has 0 aromatic carbocycles. The van der Waals surface area contributed by atoms with Crippen LogP contribution in [0.3, 0.4) is 0 Å². The van der Waals surface area contributed by atoms with Crippen LogP contribution >= 0.6 is 0 Å². The number of Topliss-reactive ketones (excluding diaryl/α,β-unsaturated/α-hetero) is 1. The Hall–Kier alpha value is -3.09. The highest BCUT2D eigenvalue weighted by atomic mass is 16.6. The molecule has 1 aliphatic carbocycles. The van der Waals surface area contributed by atoms with E-state index >= 15 is 0 Å². The predicted molar refractivity (Wildman–Crippen MR) is 153 cm³/mol. The largest absolute Gasteiger partial charge is 0.439 e. The molecule has 2 rings (SSSR count). The van der Waals surface area contributed by atoms with Gasteiger partial charge in [-0.2, -0.15) is 0 Å². The predicted octanol–water partition coefficient (Wildman–Crippen LogP) is 2.51. The number of aliphatic hydroxyl groups is 1. The highest BCUT2D eigenvalue weighted by Crippen LogP contribution is 2.30. The molecule has 0 radical (unpaired) electrons. The molecule has 1 aliphatic heterocycles. The third-order valence-electron chi connectivity index (χ3n) is 7.38. The van der Waals surface area contributed by atoms with Crippen LogP contribution in [-0.2, 0) is 33.3 Å². The van der Waals surface area contributed by atoms with Gasteiger partial charge in [-0.1, -0.05) is 38.2 Å². The first kappa shape index (κ1) is 34.1. The van der Waals surface area contributed by atoms with Gasteiger partial charge in [-0.15, -0.1) is 0 Å². The molecule has 1 heterocycles. The molecule has 2 aliphatic rings. The van der Waals surface area contributed by atoms with Crippen LogP contribution in [0, 0.1) is 11.8 Å². The second-order valence-electron chi connectivity index (χ2n) is 10.4. The third-order valence-corrected chi connectivity index (χ3v) is 7.38. The maximum absolute atomic E-state index is 13.4. The number of fused-ring (bicyclic) bond motifs is 2. The normalized spacial score (nSPS) is 35.6. The third kappa shape index (κ3) is 8.95. The number of ketones is 1. The molecule has 0 saturated heterocycles. The Morgan fingerprint density at radius 3 is 2.22 bits per heavy atom. The summed E-state index contributed by atoms with van der Waals surface area (Å²) in [6, 6.07) is 0. The second kappa shape index (κ2) is 15.8. The van der Waals surface area contributed by atoms with Gasteiger partial charge in [0.15, 0.2) is 6.10 Å². The van der Waals surface area contributed by atoms with Crippen molar-refractivity contribution in [2.45, 2.75) is 70.7 Å². The van der Waals surface area contributed by atoms with Gasteiger partial charge in [0.2, 0.25) is 5.78 Å². The van der Waals surface area contributed by atoms with Crippen molar-refractivity contribution in [1.29, 1.82) is 0 Å². The topological polar surface area (TPSA) is 156 Å². The molecule has 0 aromatic heterocycles. The number of primary amides is 1. The fourth-order valence-corrected chi connectivity index (χ4v) is 5.32. The summed E-state index contributed by atoms with van der Waals surface area (Å²) in [5, 5.41) is 13.1. The quantitative estimate of drug-likeness (QED) is 0.419. The van der Waals surface area contributed by atoms with E-state index in [1.807, 2.05) is 19.9 Å². The first-order valence-electron chi connectivity index (χ1n) is 13.5. The summed E-state index contributed by atoms with van der Waals surface area (Å²) < 4.78 is 28.5. The smallest absolute Gasteiger partial charge is 0.405 e. The minimum Gasteiger partial charge on any atom is -0.439 e. The Balaban J connectivity index is 2.65. The SMILES string of the molecule is CO[C@H]1[C@@H](OC)C[C@H](C)[C@@H](OC)C2=CC(O)C=C(NC(=O)/C(C)=C/C=C\[C@H](OC)[C@@H](OC(N)=O)/C(C)=C/[C@@H]1C)C2=O. The summed E-state index contributed by atoms with van der Waals surface area (Å²) >= 11 is 0. The summed E-state index contributed by atoms with van der Waals surface area (Å²) in [5.74, 6) is -1.45. The number of ether oxygens (including phenoxy) is 5. The summed E-state index contributed by atoms with van der Waals surface area (Å²) in [5.41, 5.74) is 6.54. The van der Waals surface area contributed by atoms with Crippen LogP contribution in [0.25, 0.3) is 0 Å². The molecule has 11 heteroatoms. The zero-order valence-corrected chi connectivity index (χ0v) is 25.1. The van der Waals surface area contributed by atoms with Gasteiger partial charge in [-0.25, -0.2) is 4.79 Å². The van der Waals surface area contributed by atoms with E-state index in [1.54, 1.807) is 40.2 Å². The van der Waals surface area contributed by atoms with Gasteiger partial charge in [0.25, 0.3) is 5.91 Å². The summed E-state index contributed by atoms with van der Waals surface area (Å²) in [6.45, 7) is 7.24. The van der Waals surface area contributed by atoms with Crippen LogP contribution in [0.4, 0.5) is 4.79 Å².